The third-order valence-corrected chi connectivity index (χ3v) is 6.73. The highest BCUT2D eigenvalue weighted by atomic mass is 19.4. The molecule has 1 saturated heterocycles. The molecule has 7 nitrogen and oxygen atoms in total. The molecule has 3 heterocycles. The van der Waals surface area contributed by atoms with Crippen LogP contribution in [0.4, 0.5) is 13.2 Å². The number of carbonyl (C=O) groups is 2. The van der Waals surface area contributed by atoms with E-state index in [1.165, 1.54) is 4.68 Å². The molecule has 2 unspecified atom stereocenters. The minimum atomic E-state index is -4.49. The van der Waals surface area contributed by atoms with Crippen molar-refractivity contribution in [2.24, 2.45) is 17.8 Å². The normalized spacial score (nSPS) is 25.2. The van der Waals surface area contributed by atoms with Gasteiger partial charge in [-0.05, 0) is 37.5 Å². The lowest BCUT2D eigenvalue weighted by molar-refractivity contribution is -0.143. The SMILES string of the molecule is CC.CCCn1nc(C(F)(F)F)c2c1CN(C(=O)CN1CC3CC(C(=O)O)CC3C1)CC2. The Balaban J connectivity index is 0.00000141. The number of hydrogen-bond donors (Lipinski definition) is 1. The van der Waals surface area contributed by atoms with E-state index in [0.717, 1.165) is 0 Å². The van der Waals surface area contributed by atoms with Crippen molar-refractivity contribution in [3.63, 3.8) is 0 Å². The summed E-state index contributed by atoms with van der Waals surface area (Å²) in [5.74, 6) is -0.481. The minimum absolute atomic E-state index is 0.0896. The van der Waals surface area contributed by atoms with Gasteiger partial charge >= 0.3 is 12.1 Å². The van der Waals surface area contributed by atoms with E-state index in [-0.39, 0.29) is 43.4 Å². The largest absolute Gasteiger partial charge is 0.481 e. The summed E-state index contributed by atoms with van der Waals surface area (Å²) in [6, 6.07) is 0. The molecule has 1 saturated carbocycles. The molecule has 3 aliphatic rings. The third-order valence-electron chi connectivity index (χ3n) is 6.73. The van der Waals surface area contributed by atoms with Crippen LogP contribution in [0.2, 0.25) is 0 Å². The molecule has 0 spiro atoms. The second kappa shape index (κ2) is 9.80. The van der Waals surface area contributed by atoms with Crippen molar-refractivity contribution < 1.29 is 27.9 Å². The number of rotatable bonds is 5. The lowest BCUT2D eigenvalue weighted by Crippen LogP contribution is -2.43. The van der Waals surface area contributed by atoms with E-state index in [1.807, 2.05) is 20.8 Å². The van der Waals surface area contributed by atoms with Crippen LogP contribution in [0, 0.1) is 17.8 Å². The molecule has 2 aliphatic heterocycles. The van der Waals surface area contributed by atoms with E-state index in [9.17, 15) is 27.9 Å². The van der Waals surface area contributed by atoms with Crippen molar-refractivity contribution in [3.8, 4) is 0 Å². The van der Waals surface area contributed by atoms with Crippen LogP contribution in [0.5, 0.6) is 0 Å². The molecular weight excluding hydrogens is 425 g/mol. The van der Waals surface area contributed by atoms with Crippen molar-refractivity contribution in [3.05, 3.63) is 17.0 Å². The van der Waals surface area contributed by atoms with Gasteiger partial charge < -0.3 is 10.0 Å². The first-order chi connectivity index (χ1) is 15.2. The molecule has 4 rings (SSSR count). The Hall–Kier alpha value is -2.10. The number of aromatic nitrogens is 2. The number of carboxylic acid groups (broad SMARTS) is 1. The van der Waals surface area contributed by atoms with E-state index >= 15 is 0 Å². The molecular formula is C22H33F3N4O3. The molecule has 10 heteroatoms. The maximum Gasteiger partial charge on any atom is 0.435 e. The average Bonchev–Trinajstić information content (AvgIpc) is 3.41. The lowest BCUT2D eigenvalue weighted by atomic mass is 10.0. The summed E-state index contributed by atoms with van der Waals surface area (Å²) in [5, 5.41) is 13.0. The minimum Gasteiger partial charge on any atom is -0.481 e. The van der Waals surface area contributed by atoms with Gasteiger partial charge in [-0.3, -0.25) is 19.2 Å². The lowest BCUT2D eigenvalue weighted by Gasteiger charge is -2.30. The van der Waals surface area contributed by atoms with Gasteiger partial charge in [0.15, 0.2) is 5.69 Å². The van der Waals surface area contributed by atoms with E-state index in [0.29, 0.717) is 56.4 Å². The molecule has 1 N–H and O–H groups in total. The van der Waals surface area contributed by atoms with Crippen LogP contribution < -0.4 is 0 Å². The van der Waals surface area contributed by atoms with Gasteiger partial charge in [0.2, 0.25) is 5.91 Å². The summed E-state index contributed by atoms with van der Waals surface area (Å²) in [4.78, 5) is 27.7. The summed E-state index contributed by atoms with van der Waals surface area (Å²) in [6.07, 6.45) is -2.35. The van der Waals surface area contributed by atoms with Crippen LogP contribution in [0.1, 0.15) is 57.0 Å². The van der Waals surface area contributed by atoms with Crippen molar-refractivity contribution in [1.29, 1.82) is 0 Å². The molecule has 2 atom stereocenters. The molecule has 1 aliphatic carbocycles. The number of carbonyl (C=O) groups excluding carboxylic acids is 1. The van der Waals surface area contributed by atoms with Crippen LogP contribution in [0.15, 0.2) is 0 Å². The highest BCUT2D eigenvalue weighted by Crippen LogP contribution is 2.41. The van der Waals surface area contributed by atoms with Gasteiger partial charge in [0.1, 0.15) is 0 Å². The number of fused-ring (bicyclic) bond motifs is 2. The molecule has 0 bridgehead atoms. The number of aliphatic carboxylic acids is 1. The molecule has 32 heavy (non-hydrogen) atoms. The molecule has 1 aromatic rings. The summed E-state index contributed by atoms with van der Waals surface area (Å²) in [7, 11) is 0. The molecule has 0 radical (unpaired) electrons. The fourth-order valence-electron chi connectivity index (χ4n) is 5.34. The number of carboxylic acids is 1. The quantitative estimate of drug-likeness (QED) is 0.733. The predicted octanol–water partition coefficient (Wildman–Crippen LogP) is 3.27. The predicted molar refractivity (Wildman–Crippen MR) is 112 cm³/mol. The number of amides is 1. The zero-order chi connectivity index (χ0) is 23.6. The van der Waals surface area contributed by atoms with Crippen molar-refractivity contribution in [2.45, 2.75) is 65.7 Å². The van der Waals surface area contributed by atoms with Gasteiger partial charge in [-0.15, -0.1) is 0 Å². The van der Waals surface area contributed by atoms with Crippen LogP contribution in [-0.2, 0) is 35.3 Å². The van der Waals surface area contributed by atoms with Crippen molar-refractivity contribution in [1.82, 2.24) is 19.6 Å². The monoisotopic (exact) mass is 458 g/mol. The first kappa shape index (κ1) is 24.5. The van der Waals surface area contributed by atoms with E-state index in [2.05, 4.69) is 10.00 Å². The summed E-state index contributed by atoms with van der Waals surface area (Å²) >= 11 is 0. The fraction of sp³-hybridized carbons (Fsp3) is 0.773. The summed E-state index contributed by atoms with van der Waals surface area (Å²) in [5.41, 5.74) is -0.111. The molecule has 0 aromatic carbocycles. The first-order valence-electron chi connectivity index (χ1n) is 11.6. The Kier molecular flexibility index (Phi) is 7.52. The maximum absolute atomic E-state index is 13.3. The zero-order valence-electron chi connectivity index (χ0n) is 19.0. The van der Waals surface area contributed by atoms with E-state index in [4.69, 9.17) is 0 Å². The highest BCUT2D eigenvalue weighted by Gasteiger charge is 2.44. The Labute approximate surface area is 186 Å². The number of alkyl halides is 3. The fourth-order valence-corrected chi connectivity index (χ4v) is 5.34. The third kappa shape index (κ3) is 4.94. The number of aryl methyl sites for hydroxylation is 1. The van der Waals surface area contributed by atoms with Gasteiger partial charge in [0.25, 0.3) is 0 Å². The number of hydrogen-bond acceptors (Lipinski definition) is 4. The second-order valence-corrected chi connectivity index (χ2v) is 8.78. The Morgan fingerprint density at radius 1 is 1.16 bits per heavy atom. The number of nitrogens with zero attached hydrogens (tertiary/aromatic N) is 4. The van der Waals surface area contributed by atoms with Crippen LogP contribution in [0.25, 0.3) is 0 Å². The summed E-state index contributed by atoms with van der Waals surface area (Å²) < 4.78 is 41.4. The summed E-state index contributed by atoms with van der Waals surface area (Å²) in [6.45, 7) is 8.34. The van der Waals surface area contributed by atoms with Crippen molar-refractivity contribution in [2.75, 3.05) is 26.2 Å². The van der Waals surface area contributed by atoms with Crippen LogP contribution in [0.3, 0.4) is 0 Å². The van der Waals surface area contributed by atoms with Crippen LogP contribution >= 0.6 is 0 Å². The maximum atomic E-state index is 13.3. The topological polar surface area (TPSA) is 78.7 Å². The Morgan fingerprint density at radius 3 is 2.31 bits per heavy atom. The highest BCUT2D eigenvalue weighted by molar-refractivity contribution is 5.78. The van der Waals surface area contributed by atoms with Crippen molar-refractivity contribution >= 4 is 11.9 Å². The van der Waals surface area contributed by atoms with Gasteiger partial charge in [0.05, 0.1) is 24.7 Å². The van der Waals surface area contributed by atoms with Gasteiger partial charge in [-0.2, -0.15) is 18.3 Å². The van der Waals surface area contributed by atoms with Gasteiger partial charge in [0, 0.05) is 31.7 Å². The molecule has 2 fully saturated rings. The Morgan fingerprint density at radius 2 is 1.78 bits per heavy atom. The molecule has 180 valence electrons. The Bertz CT molecular complexity index is 825. The average molecular weight is 459 g/mol. The van der Waals surface area contributed by atoms with Gasteiger partial charge in [-0.25, -0.2) is 0 Å². The first-order valence-corrected chi connectivity index (χ1v) is 11.6. The van der Waals surface area contributed by atoms with Gasteiger partial charge in [-0.1, -0.05) is 20.8 Å². The molecule has 1 aromatic heterocycles. The van der Waals surface area contributed by atoms with E-state index < -0.39 is 17.8 Å². The second-order valence-electron chi connectivity index (χ2n) is 8.78. The van der Waals surface area contributed by atoms with E-state index in [1.54, 1.807) is 4.90 Å². The number of halogens is 3. The molecule has 1 amide bonds. The number of likely N-dealkylation sites (tertiary alicyclic amines) is 1. The smallest absolute Gasteiger partial charge is 0.435 e. The van der Waals surface area contributed by atoms with Crippen LogP contribution in [-0.4, -0.2) is 62.7 Å². The standard InChI is InChI=1S/C20H27F3N4O3.C2H6/c1-2-4-27-16-10-26(5-3-15(16)18(24-27)20(21,22)23)17(28)11-25-8-13-6-12(19(29)30)7-14(13)9-25;1-2/h12-14H,2-11H2,1H3,(H,29,30);1-2H3. The zero-order valence-corrected chi connectivity index (χ0v) is 19.0.